The molecule has 2 aliphatic rings. The maximum absolute atomic E-state index is 5.49. The fraction of sp³-hybridized carbons (Fsp3) is 0.600. The topological polar surface area (TPSA) is 30.5 Å². The summed E-state index contributed by atoms with van der Waals surface area (Å²) in [6, 6.07) is 9.48. The van der Waals surface area contributed by atoms with Crippen LogP contribution in [0.5, 0.6) is 0 Å². The predicted molar refractivity (Wildman–Crippen MR) is 70.4 cm³/mol. The average molecular weight is 247 g/mol. The molecule has 18 heavy (non-hydrogen) atoms. The van der Waals surface area contributed by atoms with Crippen molar-refractivity contribution in [1.82, 2.24) is 5.32 Å². The van der Waals surface area contributed by atoms with Gasteiger partial charge in [0.25, 0.3) is 0 Å². The van der Waals surface area contributed by atoms with Gasteiger partial charge in [0.05, 0.1) is 6.61 Å². The van der Waals surface area contributed by atoms with E-state index in [9.17, 15) is 0 Å². The molecule has 2 aliphatic heterocycles. The third kappa shape index (κ3) is 2.91. The monoisotopic (exact) mass is 247 g/mol. The van der Waals surface area contributed by atoms with Gasteiger partial charge in [-0.1, -0.05) is 30.7 Å². The minimum Gasteiger partial charge on any atom is -0.352 e. The Morgan fingerprint density at radius 2 is 2.06 bits per heavy atom. The van der Waals surface area contributed by atoms with Crippen LogP contribution >= 0.6 is 0 Å². The molecule has 1 N–H and O–H groups in total. The summed E-state index contributed by atoms with van der Waals surface area (Å²) in [6.45, 7) is 2.29. The fourth-order valence-corrected chi connectivity index (χ4v) is 2.78. The van der Waals surface area contributed by atoms with Crippen molar-refractivity contribution in [2.24, 2.45) is 0 Å². The first-order valence-electron chi connectivity index (χ1n) is 6.93. The van der Waals surface area contributed by atoms with Crippen molar-refractivity contribution in [3.63, 3.8) is 0 Å². The van der Waals surface area contributed by atoms with Gasteiger partial charge in [0.1, 0.15) is 12.9 Å². The number of piperidine rings is 1. The van der Waals surface area contributed by atoms with Gasteiger partial charge < -0.3 is 14.8 Å². The van der Waals surface area contributed by atoms with Crippen LogP contribution in [0.2, 0.25) is 0 Å². The maximum atomic E-state index is 5.49. The summed E-state index contributed by atoms with van der Waals surface area (Å²) in [5, 5.41) is 3.59. The zero-order valence-corrected chi connectivity index (χ0v) is 10.7. The second-order valence-electron chi connectivity index (χ2n) is 5.24. The molecule has 2 heterocycles. The lowest BCUT2D eigenvalue weighted by atomic mass is 9.97. The molecule has 2 fully saturated rings. The first kappa shape index (κ1) is 12.2. The Labute approximate surface area is 108 Å². The van der Waals surface area contributed by atoms with Crippen LogP contribution in [-0.4, -0.2) is 26.0 Å². The molecule has 1 aromatic carbocycles. The third-order valence-corrected chi connectivity index (χ3v) is 3.87. The molecule has 2 saturated heterocycles. The molecule has 98 valence electrons. The van der Waals surface area contributed by atoms with Crippen molar-refractivity contribution in [3.8, 4) is 0 Å². The van der Waals surface area contributed by atoms with Gasteiger partial charge in [0, 0.05) is 6.04 Å². The molecule has 0 spiro atoms. The molecule has 0 radical (unpaired) electrons. The summed E-state index contributed by atoms with van der Waals surface area (Å²) in [7, 11) is 0. The van der Waals surface area contributed by atoms with Crippen LogP contribution in [0.4, 0.5) is 0 Å². The van der Waals surface area contributed by atoms with E-state index in [0.29, 0.717) is 19.4 Å². The van der Waals surface area contributed by atoms with E-state index in [0.717, 1.165) is 6.42 Å². The quantitative estimate of drug-likeness (QED) is 0.889. The standard InChI is InChI=1S/C15H21NO2/c1-2-8-16-14(3-1)9-12-4-6-13(7-5-12)15-10-17-11-18-15/h4-7,14-16H,1-3,8-11H2. The predicted octanol–water partition coefficient (Wildman–Crippen LogP) is 2.42. The molecule has 3 rings (SSSR count). The lowest BCUT2D eigenvalue weighted by molar-refractivity contribution is 0.0466. The third-order valence-electron chi connectivity index (χ3n) is 3.87. The summed E-state index contributed by atoms with van der Waals surface area (Å²) in [5.41, 5.74) is 2.64. The van der Waals surface area contributed by atoms with Crippen molar-refractivity contribution < 1.29 is 9.47 Å². The summed E-state index contributed by atoms with van der Waals surface area (Å²) in [6.07, 6.45) is 5.27. The van der Waals surface area contributed by atoms with Crippen LogP contribution in [-0.2, 0) is 15.9 Å². The van der Waals surface area contributed by atoms with Crippen LogP contribution in [0.25, 0.3) is 0 Å². The Kier molecular flexibility index (Phi) is 3.93. The smallest absolute Gasteiger partial charge is 0.147 e. The molecule has 0 aliphatic carbocycles. The van der Waals surface area contributed by atoms with E-state index in [2.05, 4.69) is 29.6 Å². The van der Waals surface area contributed by atoms with Crippen LogP contribution < -0.4 is 5.32 Å². The number of nitrogens with one attached hydrogen (secondary N) is 1. The van der Waals surface area contributed by atoms with E-state index in [1.54, 1.807) is 0 Å². The van der Waals surface area contributed by atoms with E-state index in [1.165, 1.54) is 36.9 Å². The Morgan fingerprint density at radius 3 is 2.72 bits per heavy atom. The molecule has 0 aromatic heterocycles. The first-order valence-corrected chi connectivity index (χ1v) is 6.93. The molecule has 3 heteroatoms. The molecule has 1 aromatic rings. The maximum Gasteiger partial charge on any atom is 0.147 e. The minimum atomic E-state index is 0.131. The lowest BCUT2D eigenvalue weighted by Crippen LogP contribution is -2.35. The molecule has 2 unspecified atom stereocenters. The van der Waals surface area contributed by atoms with Gasteiger partial charge in [-0.05, 0) is 36.9 Å². The highest BCUT2D eigenvalue weighted by molar-refractivity contribution is 5.25. The molecule has 0 amide bonds. The number of rotatable bonds is 3. The summed E-state index contributed by atoms with van der Waals surface area (Å²) in [5.74, 6) is 0. The molecule has 0 saturated carbocycles. The summed E-state index contributed by atoms with van der Waals surface area (Å²) in [4.78, 5) is 0. The number of ether oxygens (including phenoxy) is 2. The van der Waals surface area contributed by atoms with Gasteiger partial charge >= 0.3 is 0 Å². The molecular formula is C15H21NO2. The van der Waals surface area contributed by atoms with E-state index in [-0.39, 0.29) is 6.10 Å². The highest BCUT2D eigenvalue weighted by Crippen LogP contribution is 2.23. The zero-order chi connectivity index (χ0) is 12.2. The number of hydrogen-bond donors (Lipinski definition) is 1. The van der Waals surface area contributed by atoms with E-state index in [4.69, 9.17) is 9.47 Å². The molecule has 0 bridgehead atoms. The average Bonchev–Trinajstić information content (AvgIpc) is 2.95. The van der Waals surface area contributed by atoms with Gasteiger partial charge in [-0.15, -0.1) is 0 Å². The number of hydrogen-bond acceptors (Lipinski definition) is 3. The highest BCUT2D eigenvalue weighted by atomic mass is 16.7. The van der Waals surface area contributed by atoms with Crippen molar-refractivity contribution in [3.05, 3.63) is 35.4 Å². The summed E-state index contributed by atoms with van der Waals surface area (Å²) >= 11 is 0. The van der Waals surface area contributed by atoms with Crippen molar-refractivity contribution in [2.75, 3.05) is 19.9 Å². The number of benzene rings is 1. The van der Waals surface area contributed by atoms with E-state index >= 15 is 0 Å². The van der Waals surface area contributed by atoms with Crippen LogP contribution in [0.15, 0.2) is 24.3 Å². The van der Waals surface area contributed by atoms with Crippen molar-refractivity contribution in [1.29, 1.82) is 0 Å². The van der Waals surface area contributed by atoms with Crippen LogP contribution in [0, 0.1) is 0 Å². The first-order chi connectivity index (χ1) is 8.92. The Morgan fingerprint density at radius 1 is 1.17 bits per heavy atom. The van der Waals surface area contributed by atoms with Crippen LogP contribution in [0.1, 0.15) is 36.5 Å². The van der Waals surface area contributed by atoms with Gasteiger partial charge in [-0.25, -0.2) is 0 Å². The van der Waals surface area contributed by atoms with Gasteiger partial charge in [-0.2, -0.15) is 0 Å². The molecule has 2 atom stereocenters. The normalized spacial score (nSPS) is 28.4. The van der Waals surface area contributed by atoms with Crippen molar-refractivity contribution >= 4 is 0 Å². The second kappa shape index (κ2) is 5.83. The van der Waals surface area contributed by atoms with E-state index in [1.807, 2.05) is 0 Å². The SMILES string of the molecule is c1cc(C2COCO2)ccc1CC1CCCCN1. The summed E-state index contributed by atoms with van der Waals surface area (Å²) < 4.78 is 10.7. The second-order valence-corrected chi connectivity index (χ2v) is 5.24. The minimum absolute atomic E-state index is 0.131. The van der Waals surface area contributed by atoms with Crippen molar-refractivity contribution in [2.45, 2.75) is 37.8 Å². The fourth-order valence-electron chi connectivity index (χ4n) is 2.78. The lowest BCUT2D eigenvalue weighted by Gasteiger charge is -2.23. The van der Waals surface area contributed by atoms with Crippen LogP contribution in [0.3, 0.4) is 0 Å². The Hall–Kier alpha value is -0.900. The highest BCUT2D eigenvalue weighted by Gasteiger charge is 2.18. The zero-order valence-electron chi connectivity index (χ0n) is 10.7. The van der Waals surface area contributed by atoms with E-state index < -0.39 is 0 Å². The largest absolute Gasteiger partial charge is 0.352 e. The Balaban J connectivity index is 1.59. The van der Waals surface area contributed by atoms with Gasteiger partial charge in [0.2, 0.25) is 0 Å². The molecule has 3 nitrogen and oxygen atoms in total. The van der Waals surface area contributed by atoms with Gasteiger partial charge in [0.15, 0.2) is 0 Å². The Bertz CT molecular complexity index is 365. The molecular weight excluding hydrogens is 226 g/mol. The van der Waals surface area contributed by atoms with Gasteiger partial charge in [-0.3, -0.25) is 0 Å².